The van der Waals surface area contributed by atoms with Crippen LogP contribution in [0.3, 0.4) is 0 Å². The van der Waals surface area contributed by atoms with Crippen molar-refractivity contribution in [2.45, 2.75) is 31.9 Å². The lowest BCUT2D eigenvalue weighted by molar-refractivity contribution is -0.150. The molecular weight excluding hydrogens is 462 g/mol. The molecule has 0 aliphatic rings. The van der Waals surface area contributed by atoms with Crippen LogP contribution in [0.1, 0.15) is 36.6 Å². The molecule has 3 aromatic rings. The first kappa shape index (κ1) is 25.0. The maximum Gasteiger partial charge on any atom is 0.328 e. The first-order valence-electron chi connectivity index (χ1n) is 10.5. The van der Waals surface area contributed by atoms with Gasteiger partial charge in [-0.25, -0.2) is 18.6 Å². The molecule has 0 aliphatic heterocycles. The first-order valence-corrected chi connectivity index (χ1v) is 10.9. The minimum absolute atomic E-state index is 0.0436. The Morgan fingerprint density at radius 1 is 1.00 bits per heavy atom. The largest absolute Gasteiger partial charge is 0.503 e. The molecule has 0 saturated heterocycles. The van der Waals surface area contributed by atoms with Gasteiger partial charge >= 0.3 is 5.97 Å². The number of halogens is 2. The maximum absolute atomic E-state index is 13.5. The van der Waals surface area contributed by atoms with Gasteiger partial charge in [0.25, 0.3) is 0 Å². The summed E-state index contributed by atoms with van der Waals surface area (Å²) in [4.78, 5) is 16.9. The van der Waals surface area contributed by atoms with Crippen molar-refractivity contribution in [3.05, 3.63) is 89.2 Å². The van der Waals surface area contributed by atoms with E-state index in [0.29, 0.717) is 11.1 Å². The van der Waals surface area contributed by atoms with Crippen LogP contribution in [0.5, 0.6) is 11.5 Å². The molecule has 0 spiro atoms. The summed E-state index contributed by atoms with van der Waals surface area (Å²) in [6.07, 6.45) is 0.743. The van der Waals surface area contributed by atoms with E-state index in [1.54, 1.807) is 38.1 Å². The second-order valence-corrected chi connectivity index (χ2v) is 8.04. The molecule has 0 amide bonds. The van der Waals surface area contributed by atoms with Gasteiger partial charge in [0.05, 0.1) is 7.11 Å². The summed E-state index contributed by atoms with van der Waals surface area (Å²) in [5.74, 6) is -1.91. The number of esters is 1. The molecule has 0 fully saturated rings. The molecule has 1 aromatic heterocycles. The van der Waals surface area contributed by atoms with Crippen LogP contribution in [0, 0.1) is 11.6 Å². The maximum atomic E-state index is 13.5. The third-order valence-electron chi connectivity index (χ3n) is 5.25. The molecular formula is C25H24F2N2O4S. The Hall–Kier alpha value is -3.59. The van der Waals surface area contributed by atoms with Crippen LogP contribution in [0.4, 0.5) is 8.78 Å². The molecule has 2 N–H and O–H groups in total. The normalized spacial score (nSPS) is 12.6. The lowest BCUT2D eigenvalue weighted by Crippen LogP contribution is -2.41. The fraction of sp³-hybridized carbons (Fsp3) is 0.240. The van der Waals surface area contributed by atoms with Crippen LogP contribution in [-0.2, 0) is 9.53 Å². The predicted octanol–water partition coefficient (Wildman–Crippen LogP) is 4.49. The van der Waals surface area contributed by atoms with E-state index in [1.165, 1.54) is 43.6 Å². The number of methoxy groups -OCH3 is 1. The zero-order valence-electron chi connectivity index (χ0n) is 18.8. The standard InChI is InChI=1S/C25H24F2N2O4S/c1-14(29-24(34)22-23(30)20(32-3)12-13-28-22)25(31)33-15(2)21(16-4-8-18(26)9-5-16)17-6-10-19(27)11-7-17/h4-15,21,30H,1-3H3,(H,29,34)/t14-,15+/m0/s1. The summed E-state index contributed by atoms with van der Waals surface area (Å²) in [6, 6.07) is 12.3. The third kappa shape index (κ3) is 5.85. The number of carbonyl (C=O) groups is 1. The summed E-state index contributed by atoms with van der Waals surface area (Å²) in [7, 11) is 1.40. The van der Waals surface area contributed by atoms with Crippen molar-refractivity contribution >= 4 is 23.2 Å². The summed E-state index contributed by atoms with van der Waals surface area (Å²) in [5, 5.41) is 13.0. The number of hydrogen-bond acceptors (Lipinski definition) is 6. The van der Waals surface area contributed by atoms with Gasteiger partial charge in [0.1, 0.15) is 34.5 Å². The number of thiocarbonyl (C=S) groups is 1. The van der Waals surface area contributed by atoms with Crippen molar-refractivity contribution in [2.24, 2.45) is 0 Å². The van der Waals surface area contributed by atoms with E-state index in [-0.39, 0.29) is 22.2 Å². The number of rotatable bonds is 8. The predicted molar refractivity (Wildman–Crippen MR) is 127 cm³/mol. The average Bonchev–Trinajstić information content (AvgIpc) is 2.81. The Kier molecular flexibility index (Phi) is 8.12. The number of ether oxygens (including phenoxy) is 2. The molecule has 6 nitrogen and oxygen atoms in total. The lowest BCUT2D eigenvalue weighted by atomic mass is 9.87. The molecule has 0 saturated carbocycles. The third-order valence-corrected chi connectivity index (χ3v) is 5.56. The highest BCUT2D eigenvalue weighted by Crippen LogP contribution is 2.31. The smallest absolute Gasteiger partial charge is 0.328 e. The van der Waals surface area contributed by atoms with E-state index >= 15 is 0 Å². The van der Waals surface area contributed by atoms with Crippen LogP contribution >= 0.6 is 12.2 Å². The number of nitrogens with zero attached hydrogens (tertiary/aromatic N) is 1. The van der Waals surface area contributed by atoms with Crippen molar-refractivity contribution in [3.8, 4) is 11.5 Å². The van der Waals surface area contributed by atoms with Crippen LogP contribution in [0.25, 0.3) is 0 Å². The summed E-state index contributed by atoms with van der Waals surface area (Å²) in [5.41, 5.74) is 1.47. The van der Waals surface area contributed by atoms with Crippen LogP contribution < -0.4 is 10.1 Å². The van der Waals surface area contributed by atoms with Crippen LogP contribution in [0.15, 0.2) is 60.8 Å². The van der Waals surface area contributed by atoms with E-state index in [2.05, 4.69) is 10.3 Å². The van der Waals surface area contributed by atoms with E-state index in [9.17, 15) is 18.7 Å². The molecule has 3 rings (SSSR count). The Bertz CT molecular complexity index is 1110. The van der Waals surface area contributed by atoms with Gasteiger partial charge in [-0.1, -0.05) is 36.5 Å². The molecule has 0 radical (unpaired) electrons. The van der Waals surface area contributed by atoms with E-state index in [0.717, 1.165) is 0 Å². The summed E-state index contributed by atoms with van der Waals surface area (Å²) in [6.45, 7) is 3.26. The number of nitrogens with one attached hydrogen (secondary N) is 1. The Morgan fingerprint density at radius 3 is 2.03 bits per heavy atom. The second-order valence-electron chi connectivity index (χ2n) is 7.63. The Morgan fingerprint density at radius 2 is 1.53 bits per heavy atom. The Balaban J connectivity index is 1.76. The van der Waals surface area contributed by atoms with Crippen molar-refractivity contribution in [2.75, 3.05) is 7.11 Å². The van der Waals surface area contributed by atoms with Gasteiger partial charge in [-0.05, 0) is 49.2 Å². The Labute approximate surface area is 201 Å². The topological polar surface area (TPSA) is 80.7 Å². The highest BCUT2D eigenvalue weighted by Gasteiger charge is 2.28. The highest BCUT2D eigenvalue weighted by atomic mass is 32.1. The number of aromatic hydroxyl groups is 1. The van der Waals surface area contributed by atoms with Gasteiger partial charge < -0.3 is 19.9 Å². The van der Waals surface area contributed by atoms with Gasteiger partial charge in [0.15, 0.2) is 11.5 Å². The van der Waals surface area contributed by atoms with E-state index in [1.807, 2.05) is 0 Å². The monoisotopic (exact) mass is 486 g/mol. The van der Waals surface area contributed by atoms with Crippen molar-refractivity contribution < 1.29 is 28.2 Å². The van der Waals surface area contributed by atoms with Crippen LogP contribution in [-0.4, -0.2) is 40.3 Å². The molecule has 2 aromatic carbocycles. The molecule has 1 heterocycles. The number of benzene rings is 2. The SMILES string of the molecule is COc1ccnc(C(=S)N[C@@H](C)C(=O)O[C@H](C)C(c2ccc(F)cc2)c2ccc(F)cc2)c1O. The fourth-order valence-corrected chi connectivity index (χ4v) is 3.85. The number of pyridine rings is 1. The van der Waals surface area contributed by atoms with Crippen molar-refractivity contribution in [1.82, 2.24) is 10.3 Å². The number of hydrogen-bond donors (Lipinski definition) is 2. The zero-order chi connectivity index (χ0) is 24.8. The molecule has 9 heteroatoms. The van der Waals surface area contributed by atoms with Gasteiger partial charge in [-0.15, -0.1) is 0 Å². The van der Waals surface area contributed by atoms with Crippen molar-refractivity contribution in [1.29, 1.82) is 0 Å². The molecule has 34 heavy (non-hydrogen) atoms. The van der Waals surface area contributed by atoms with Crippen molar-refractivity contribution in [3.63, 3.8) is 0 Å². The summed E-state index contributed by atoms with van der Waals surface area (Å²) < 4.78 is 37.7. The quantitative estimate of drug-likeness (QED) is 0.359. The first-order chi connectivity index (χ1) is 16.2. The lowest BCUT2D eigenvalue weighted by Gasteiger charge is -2.27. The van der Waals surface area contributed by atoms with Gasteiger partial charge in [-0.3, -0.25) is 0 Å². The van der Waals surface area contributed by atoms with Gasteiger partial charge in [-0.2, -0.15) is 0 Å². The number of carbonyl (C=O) groups excluding carboxylic acids is 1. The minimum Gasteiger partial charge on any atom is -0.503 e. The minimum atomic E-state index is -0.871. The second kappa shape index (κ2) is 11.0. The number of aromatic nitrogens is 1. The molecule has 0 aliphatic carbocycles. The average molecular weight is 487 g/mol. The van der Waals surface area contributed by atoms with Crippen LogP contribution in [0.2, 0.25) is 0 Å². The molecule has 178 valence electrons. The summed E-state index contributed by atoms with van der Waals surface area (Å²) >= 11 is 5.29. The molecule has 0 unspecified atom stereocenters. The van der Waals surface area contributed by atoms with Gasteiger partial charge in [0.2, 0.25) is 0 Å². The molecule has 2 atom stereocenters. The highest BCUT2D eigenvalue weighted by molar-refractivity contribution is 7.80. The molecule has 0 bridgehead atoms. The van der Waals surface area contributed by atoms with E-state index in [4.69, 9.17) is 21.7 Å². The van der Waals surface area contributed by atoms with E-state index < -0.39 is 35.7 Å². The van der Waals surface area contributed by atoms with Gasteiger partial charge in [0, 0.05) is 18.2 Å². The zero-order valence-corrected chi connectivity index (χ0v) is 19.6. The fourth-order valence-electron chi connectivity index (χ4n) is 3.52.